The summed E-state index contributed by atoms with van der Waals surface area (Å²) < 4.78 is 1.14. The fraction of sp³-hybridized carbons (Fsp3) is 0.500. The molecule has 0 aliphatic rings. The van der Waals surface area contributed by atoms with Gasteiger partial charge in [0.25, 0.3) is 0 Å². The fourth-order valence-electron chi connectivity index (χ4n) is 3.90. The Morgan fingerprint density at radius 2 is 1.68 bits per heavy atom. The van der Waals surface area contributed by atoms with E-state index in [9.17, 15) is 10.5 Å². The monoisotopic (exact) mass is 439 g/mol. The van der Waals surface area contributed by atoms with Crippen LogP contribution in [-0.4, -0.2) is 43.8 Å². The van der Waals surface area contributed by atoms with Crippen molar-refractivity contribution in [2.75, 3.05) is 55.0 Å². The molecular formula is C24H35N6S+. The number of nitrogens with one attached hydrogen (secondary N) is 2. The second kappa shape index (κ2) is 11.0. The standard InChI is InChI=1S/C24H35N6S/c1-7-29(13-14-30(8-2,9-3)10-4)20-11-12-22(18(5)15-20)27-28-24-21(16-25)19(6)23(17-26)31-24/h11-12,15,27-28H,7-10,13-14H2,1-6H3/q+1. The molecule has 0 amide bonds. The molecule has 2 N–H and O–H groups in total. The van der Waals surface area contributed by atoms with Crippen molar-refractivity contribution in [3.63, 3.8) is 0 Å². The van der Waals surface area contributed by atoms with Crippen molar-refractivity contribution in [1.29, 1.82) is 10.5 Å². The minimum atomic E-state index is 0.518. The van der Waals surface area contributed by atoms with Crippen LogP contribution < -0.4 is 15.8 Å². The maximum absolute atomic E-state index is 9.42. The molecule has 1 heterocycles. The van der Waals surface area contributed by atoms with Gasteiger partial charge in [-0.25, -0.2) is 0 Å². The SMILES string of the molecule is CCN(CC[N+](CC)(CC)CC)c1ccc(NNc2sc(C#N)c(C)c2C#N)c(C)c1. The first kappa shape index (κ1) is 24.5. The highest BCUT2D eigenvalue weighted by molar-refractivity contribution is 7.17. The summed E-state index contributed by atoms with van der Waals surface area (Å²) in [5.74, 6) is 0. The number of aryl methyl sites for hydroxylation is 1. The number of nitriles is 2. The molecule has 2 aromatic rings. The molecule has 0 saturated carbocycles. The highest BCUT2D eigenvalue weighted by atomic mass is 32.1. The van der Waals surface area contributed by atoms with Crippen LogP contribution in [0.5, 0.6) is 0 Å². The number of anilines is 3. The van der Waals surface area contributed by atoms with E-state index in [4.69, 9.17) is 0 Å². The summed E-state index contributed by atoms with van der Waals surface area (Å²) in [5.41, 5.74) is 10.9. The van der Waals surface area contributed by atoms with Crippen LogP contribution in [0, 0.1) is 36.5 Å². The molecule has 0 saturated heterocycles. The van der Waals surface area contributed by atoms with E-state index in [0.717, 1.165) is 40.9 Å². The number of hydrogen-bond acceptors (Lipinski definition) is 6. The fourth-order valence-corrected chi connectivity index (χ4v) is 4.81. The average Bonchev–Trinajstić information content (AvgIpc) is 3.11. The number of likely N-dealkylation sites (N-methyl/N-ethyl adjacent to an activating group) is 2. The topological polar surface area (TPSA) is 74.9 Å². The van der Waals surface area contributed by atoms with E-state index >= 15 is 0 Å². The van der Waals surface area contributed by atoms with Gasteiger partial charge in [0.1, 0.15) is 22.0 Å². The molecule has 0 atom stereocenters. The predicted octanol–water partition coefficient (Wildman–Crippen LogP) is 5.25. The summed E-state index contributed by atoms with van der Waals surface area (Å²) in [5, 5.41) is 19.3. The smallest absolute Gasteiger partial charge is 0.127 e. The van der Waals surface area contributed by atoms with Crippen molar-refractivity contribution in [2.45, 2.75) is 41.5 Å². The van der Waals surface area contributed by atoms with Crippen molar-refractivity contribution in [2.24, 2.45) is 0 Å². The lowest BCUT2D eigenvalue weighted by Crippen LogP contribution is -2.51. The zero-order valence-electron chi connectivity index (χ0n) is 19.7. The predicted molar refractivity (Wildman–Crippen MR) is 132 cm³/mol. The first-order chi connectivity index (χ1) is 14.9. The van der Waals surface area contributed by atoms with Crippen LogP contribution in [0.3, 0.4) is 0 Å². The minimum absolute atomic E-state index is 0.518. The number of hydrazine groups is 1. The Labute approximate surface area is 191 Å². The van der Waals surface area contributed by atoms with Crippen molar-refractivity contribution in [1.82, 2.24) is 0 Å². The second-order valence-corrected chi connectivity index (χ2v) is 8.85. The summed E-state index contributed by atoms with van der Waals surface area (Å²) in [6, 6.07) is 10.8. The second-order valence-electron chi connectivity index (χ2n) is 7.83. The Bertz CT molecular complexity index is 953. The van der Waals surface area contributed by atoms with E-state index in [2.05, 4.69) is 80.7 Å². The first-order valence-electron chi connectivity index (χ1n) is 11.0. The molecule has 0 unspecified atom stereocenters. The van der Waals surface area contributed by atoms with Crippen molar-refractivity contribution >= 4 is 27.7 Å². The molecule has 0 aliphatic carbocycles. The third kappa shape index (κ3) is 5.50. The van der Waals surface area contributed by atoms with Gasteiger partial charge in [0.15, 0.2) is 0 Å². The van der Waals surface area contributed by atoms with Crippen LogP contribution in [0.25, 0.3) is 0 Å². The molecule has 166 valence electrons. The lowest BCUT2D eigenvalue weighted by Gasteiger charge is -2.38. The minimum Gasteiger partial charge on any atom is -0.366 e. The normalized spacial score (nSPS) is 11.0. The number of quaternary nitrogens is 1. The number of benzene rings is 1. The van der Waals surface area contributed by atoms with Crippen LogP contribution in [0.2, 0.25) is 0 Å². The van der Waals surface area contributed by atoms with E-state index in [1.165, 1.54) is 36.7 Å². The zero-order chi connectivity index (χ0) is 23.0. The van der Waals surface area contributed by atoms with E-state index < -0.39 is 0 Å². The summed E-state index contributed by atoms with van der Waals surface area (Å²) in [6.07, 6.45) is 0. The van der Waals surface area contributed by atoms with Crippen molar-refractivity contribution < 1.29 is 4.48 Å². The van der Waals surface area contributed by atoms with Gasteiger partial charge in [-0.3, -0.25) is 10.9 Å². The molecule has 0 radical (unpaired) electrons. The van der Waals surface area contributed by atoms with Gasteiger partial charge in [0.2, 0.25) is 0 Å². The van der Waals surface area contributed by atoms with Gasteiger partial charge in [-0.2, -0.15) is 10.5 Å². The summed E-state index contributed by atoms with van der Waals surface area (Å²) in [6.45, 7) is 19.6. The van der Waals surface area contributed by atoms with Crippen LogP contribution in [0.15, 0.2) is 18.2 Å². The van der Waals surface area contributed by atoms with Crippen LogP contribution in [0.4, 0.5) is 16.4 Å². The van der Waals surface area contributed by atoms with Gasteiger partial charge in [-0.05, 0) is 70.9 Å². The van der Waals surface area contributed by atoms with Gasteiger partial charge < -0.3 is 9.38 Å². The van der Waals surface area contributed by atoms with Crippen LogP contribution in [-0.2, 0) is 0 Å². The number of hydrogen-bond donors (Lipinski definition) is 2. The van der Waals surface area contributed by atoms with Gasteiger partial charge in [-0.1, -0.05) is 0 Å². The summed E-state index contributed by atoms with van der Waals surface area (Å²) >= 11 is 1.30. The largest absolute Gasteiger partial charge is 0.366 e. The highest BCUT2D eigenvalue weighted by Gasteiger charge is 2.22. The molecule has 0 bridgehead atoms. The Kier molecular flexibility index (Phi) is 8.74. The summed E-state index contributed by atoms with van der Waals surface area (Å²) in [4.78, 5) is 3.00. The number of thiophene rings is 1. The zero-order valence-corrected chi connectivity index (χ0v) is 20.5. The molecule has 0 fully saturated rings. The van der Waals surface area contributed by atoms with Gasteiger partial charge >= 0.3 is 0 Å². The first-order valence-corrected chi connectivity index (χ1v) is 11.9. The Balaban J connectivity index is 2.12. The number of rotatable bonds is 11. The van der Waals surface area contributed by atoms with Crippen molar-refractivity contribution in [3.05, 3.63) is 39.8 Å². The quantitative estimate of drug-likeness (QED) is 0.369. The molecule has 7 heteroatoms. The Morgan fingerprint density at radius 3 is 2.19 bits per heavy atom. The molecule has 0 aliphatic heterocycles. The van der Waals surface area contributed by atoms with E-state index in [1.807, 2.05) is 0 Å². The van der Waals surface area contributed by atoms with Crippen LogP contribution in [0.1, 0.15) is 49.3 Å². The maximum atomic E-state index is 9.42. The lowest BCUT2D eigenvalue weighted by atomic mass is 10.1. The lowest BCUT2D eigenvalue weighted by molar-refractivity contribution is -0.921. The number of nitrogens with zero attached hydrogens (tertiary/aromatic N) is 4. The van der Waals surface area contributed by atoms with Gasteiger partial charge in [-0.15, -0.1) is 11.3 Å². The Hall–Kier alpha value is -2.74. The molecule has 0 spiro atoms. The Morgan fingerprint density at radius 1 is 1.00 bits per heavy atom. The molecular weight excluding hydrogens is 404 g/mol. The highest BCUT2D eigenvalue weighted by Crippen LogP contribution is 2.32. The van der Waals surface area contributed by atoms with Crippen LogP contribution >= 0.6 is 11.3 Å². The maximum Gasteiger partial charge on any atom is 0.127 e. The molecule has 1 aromatic carbocycles. The third-order valence-corrected chi connectivity index (χ3v) is 7.60. The van der Waals surface area contributed by atoms with Crippen molar-refractivity contribution in [3.8, 4) is 12.1 Å². The molecule has 31 heavy (non-hydrogen) atoms. The molecule has 1 aromatic heterocycles. The van der Waals surface area contributed by atoms with Gasteiger partial charge in [0, 0.05) is 12.2 Å². The van der Waals surface area contributed by atoms with E-state index in [-0.39, 0.29) is 0 Å². The third-order valence-electron chi connectivity index (χ3n) is 6.48. The molecule has 6 nitrogen and oxygen atoms in total. The van der Waals surface area contributed by atoms with E-state index in [0.29, 0.717) is 15.4 Å². The summed E-state index contributed by atoms with van der Waals surface area (Å²) in [7, 11) is 0. The average molecular weight is 440 g/mol. The van der Waals surface area contributed by atoms with Gasteiger partial charge in [0.05, 0.1) is 44.0 Å². The van der Waals surface area contributed by atoms with E-state index in [1.54, 1.807) is 6.92 Å². The molecule has 2 rings (SSSR count).